The molecule has 110 valence electrons. The van der Waals surface area contributed by atoms with Crippen molar-refractivity contribution < 1.29 is 9.53 Å². The van der Waals surface area contributed by atoms with Gasteiger partial charge in [-0.15, -0.1) is 0 Å². The first-order chi connectivity index (χ1) is 9.72. The Balaban J connectivity index is 1.81. The van der Waals surface area contributed by atoms with E-state index in [2.05, 4.69) is 34.5 Å². The van der Waals surface area contributed by atoms with Gasteiger partial charge in [0.25, 0.3) is 0 Å². The van der Waals surface area contributed by atoms with Gasteiger partial charge in [0.05, 0.1) is 6.54 Å². The van der Waals surface area contributed by atoms with E-state index in [-0.39, 0.29) is 5.91 Å². The summed E-state index contributed by atoms with van der Waals surface area (Å²) in [4.78, 5) is 14.0. The third-order valence-corrected chi connectivity index (χ3v) is 3.87. The number of carbonyl (C=O) groups is 1. The highest BCUT2D eigenvalue weighted by molar-refractivity contribution is 5.78. The smallest absolute Gasteiger partial charge is 0.234 e. The normalized spacial score (nSPS) is 17.2. The van der Waals surface area contributed by atoms with Gasteiger partial charge in [-0.3, -0.25) is 9.69 Å². The van der Waals surface area contributed by atoms with Gasteiger partial charge in [0.1, 0.15) is 0 Å². The summed E-state index contributed by atoms with van der Waals surface area (Å²) in [7, 11) is 3.70. The second-order valence-electron chi connectivity index (χ2n) is 5.36. The average Bonchev–Trinajstić information content (AvgIpc) is 2.87. The third-order valence-electron chi connectivity index (χ3n) is 3.87. The summed E-state index contributed by atoms with van der Waals surface area (Å²) in [5.41, 5.74) is 2.80. The van der Waals surface area contributed by atoms with Crippen LogP contribution in [-0.4, -0.2) is 44.7 Å². The van der Waals surface area contributed by atoms with Crippen molar-refractivity contribution in [2.75, 3.05) is 33.9 Å². The molecule has 0 fully saturated rings. The van der Waals surface area contributed by atoms with E-state index in [1.807, 2.05) is 7.05 Å². The van der Waals surface area contributed by atoms with Crippen LogP contribution in [0.5, 0.6) is 0 Å². The number of hydrogen-bond acceptors (Lipinski definition) is 3. The standard InChI is InChI=1S/C16H24N2O2/c1-18(12-16(19)17-10-5-11-20-2)15-9-8-13-6-3-4-7-14(13)15/h3-4,6-7,15H,5,8-12H2,1-2H3,(H,17,19)/t15-/m0/s1. The van der Waals surface area contributed by atoms with Gasteiger partial charge in [0, 0.05) is 26.3 Å². The van der Waals surface area contributed by atoms with Gasteiger partial charge in [-0.1, -0.05) is 24.3 Å². The number of fused-ring (bicyclic) bond motifs is 1. The predicted octanol–water partition coefficient (Wildman–Crippen LogP) is 1.76. The third kappa shape index (κ3) is 3.81. The highest BCUT2D eigenvalue weighted by Crippen LogP contribution is 2.34. The largest absolute Gasteiger partial charge is 0.385 e. The number of ether oxygens (including phenoxy) is 1. The molecule has 1 aliphatic carbocycles. The van der Waals surface area contributed by atoms with Crippen molar-refractivity contribution in [1.29, 1.82) is 0 Å². The maximum absolute atomic E-state index is 11.9. The molecular formula is C16H24N2O2. The summed E-state index contributed by atoms with van der Waals surface area (Å²) in [6.07, 6.45) is 3.08. The lowest BCUT2D eigenvalue weighted by Gasteiger charge is -2.24. The number of amides is 1. The number of nitrogens with one attached hydrogen (secondary N) is 1. The summed E-state index contributed by atoms with van der Waals surface area (Å²) < 4.78 is 4.96. The SMILES string of the molecule is COCCCNC(=O)CN(C)[C@H]1CCc2ccccc21. The minimum absolute atomic E-state index is 0.0907. The molecule has 0 radical (unpaired) electrons. The van der Waals surface area contributed by atoms with E-state index in [1.165, 1.54) is 11.1 Å². The Hall–Kier alpha value is -1.39. The molecule has 1 atom stereocenters. The van der Waals surface area contributed by atoms with Crippen LogP contribution in [0.4, 0.5) is 0 Å². The number of carbonyl (C=O) groups excluding carboxylic acids is 1. The lowest BCUT2D eigenvalue weighted by molar-refractivity contribution is -0.122. The number of benzene rings is 1. The number of nitrogens with zero attached hydrogens (tertiary/aromatic N) is 1. The molecule has 1 aromatic rings. The van der Waals surface area contributed by atoms with Crippen molar-refractivity contribution in [3.05, 3.63) is 35.4 Å². The van der Waals surface area contributed by atoms with Gasteiger partial charge in [-0.25, -0.2) is 0 Å². The zero-order valence-corrected chi connectivity index (χ0v) is 12.4. The molecule has 0 aromatic heterocycles. The molecular weight excluding hydrogens is 252 g/mol. The van der Waals surface area contributed by atoms with Crippen molar-refractivity contribution in [2.45, 2.75) is 25.3 Å². The lowest BCUT2D eigenvalue weighted by atomic mass is 10.1. The molecule has 4 heteroatoms. The molecule has 0 saturated carbocycles. The highest BCUT2D eigenvalue weighted by atomic mass is 16.5. The van der Waals surface area contributed by atoms with E-state index in [0.29, 0.717) is 25.7 Å². The van der Waals surface area contributed by atoms with Crippen molar-refractivity contribution >= 4 is 5.91 Å². The Bertz CT molecular complexity index is 448. The first kappa shape index (κ1) is 15.0. The van der Waals surface area contributed by atoms with Crippen LogP contribution in [-0.2, 0) is 16.0 Å². The quantitative estimate of drug-likeness (QED) is 0.772. The molecule has 0 unspecified atom stereocenters. The Kier molecular flexibility index (Phi) is 5.56. The monoisotopic (exact) mass is 276 g/mol. The van der Waals surface area contributed by atoms with Crippen LogP contribution in [0.2, 0.25) is 0 Å². The Labute approximate surface area is 121 Å². The van der Waals surface area contributed by atoms with Gasteiger partial charge in [0.15, 0.2) is 0 Å². The molecule has 1 aliphatic rings. The van der Waals surface area contributed by atoms with Crippen LogP contribution in [0.25, 0.3) is 0 Å². The van der Waals surface area contributed by atoms with Crippen LogP contribution in [0.15, 0.2) is 24.3 Å². The van der Waals surface area contributed by atoms with Crippen molar-refractivity contribution in [2.24, 2.45) is 0 Å². The van der Waals surface area contributed by atoms with Crippen LogP contribution >= 0.6 is 0 Å². The highest BCUT2D eigenvalue weighted by Gasteiger charge is 2.26. The molecule has 4 nitrogen and oxygen atoms in total. The lowest BCUT2D eigenvalue weighted by Crippen LogP contribution is -2.37. The molecule has 0 saturated heterocycles. The van der Waals surface area contributed by atoms with E-state index < -0.39 is 0 Å². The summed E-state index contributed by atoms with van der Waals surface area (Å²) in [6, 6.07) is 8.91. The maximum atomic E-state index is 11.9. The van der Waals surface area contributed by atoms with Gasteiger partial charge in [-0.2, -0.15) is 0 Å². The molecule has 0 aliphatic heterocycles. The summed E-state index contributed by atoms with van der Waals surface area (Å²) in [5, 5.41) is 2.94. The molecule has 2 rings (SSSR count). The molecule has 0 heterocycles. The second-order valence-corrected chi connectivity index (χ2v) is 5.36. The molecule has 0 spiro atoms. The Morgan fingerprint density at radius 2 is 2.25 bits per heavy atom. The van der Waals surface area contributed by atoms with E-state index in [0.717, 1.165) is 19.3 Å². The number of hydrogen-bond donors (Lipinski definition) is 1. The van der Waals surface area contributed by atoms with Gasteiger partial charge < -0.3 is 10.1 Å². The van der Waals surface area contributed by atoms with E-state index in [9.17, 15) is 4.79 Å². The summed E-state index contributed by atoms with van der Waals surface area (Å²) >= 11 is 0. The van der Waals surface area contributed by atoms with Gasteiger partial charge >= 0.3 is 0 Å². The summed E-state index contributed by atoms with van der Waals surface area (Å²) in [5.74, 6) is 0.0907. The van der Waals surface area contributed by atoms with Gasteiger partial charge in [-0.05, 0) is 37.4 Å². The maximum Gasteiger partial charge on any atom is 0.234 e. The number of aryl methyl sites for hydroxylation is 1. The van der Waals surface area contributed by atoms with Crippen LogP contribution in [0.1, 0.15) is 30.0 Å². The molecule has 1 aromatic carbocycles. The number of rotatable bonds is 7. The number of likely N-dealkylation sites (N-methyl/N-ethyl adjacent to an activating group) is 1. The zero-order chi connectivity index (χ0) is 14.4. The fourth-order valence-electron chi connectivity index (χ4n) is 2.83. The first-order valence-corrected chi connectivity index (χ1v) is 7.26. The molecule has 0 bridgehead atoms. The van der Waals surface area contributed by atoms with E-state index in [1.54, 1.807) is 7.11 Å². The topological polar surface area (TPSA) is 41.6 Å². The summed E-state index contributed by atoms with van der Waals surface area (Å²) in [6.45, 7) is 1.82. The van der Waals surface area contributed by atoms with Crippen molar-refractivity contribution in [1.82, 2.24) is 10.2 Å². The number of methoxy groups -OCH3 is 1. The van der Waals surface area contributed by atoms with Crippen LogP contribution < -0.4 is 5.32 Å². The fraction of sp³-hybridized carbons (Fsp3) is 0.562. The van der Waals surface area contributed by atoms with Crippen LogP contribution in [0.3, 0.4) is 0 Å². The zero-order valence-electron chi connectivity index (χ0n) is 12.4. The Morgan fingerprint density at radius 1 is 1.45 bits per heavy atom. The van der Waals surface area contributed by atoms with E-state index in [4.69, 9.17) is 4.74 Å². The minimum Gasteiger partial charge on any atom is -0.385 e. The molecule has 1 amide bonds. The molecule has 20 heavy (non-hydrogen) atoms. The Morgan fingerprint density at radius 3 is 3.05 bits per heavy atom. The van der Waals surface area contributed by atoms with Gasteiger partial charge in [0.2, 0.25) is 5.91 Å². The fourth-order valence-corrected chi connectivity index (χ4v) is 2.83. The predicted molar refractivity (Wildman–Crippen MR) is 79.6 cm³/mol. The second kappa shape index (κ2) is 7.41. The van der Waals surface area contributed by atoms with Crippen molar-refractivity contribution in [3.63, 3.8) is 0 Å². The van der Waals surface area contributed by atoms with Crippen LogP contribution in [0, 0.1) is 0 Å². The first-order valence-electron chi connectivity index (χ1n) is 7.26. The van der Waals surface area contributed by atoms with Crippen molar-refractivity contribution in [3.8, 4) is 0 Å². The minimum atomic E-state index is 0.0907. The average molecular weight is 276 g/mol. The molecule has 1 N–H and O–H groups in total. The van der Waals surface area contributed by atoms with E-state index >= 15 is 0 Å².